The molecule has 0 N–H and O–H groups in total. The van der Waals surface area contributed by atoms with Crippen LogP contribution in [0.2, 0.25) is 0 Å². The summed E-state index contributed by atoms with van der Waals surface area (Å²) in [7, 11) is 0. The molecule has 0 saturated carbocycles. The predicted molar refractivity (Wildman–Crippen MR) is 82.6 cm³/mol. The molecule has 2 rings (SSSR count). The molecule has 0 radical (unpaired) electrons. The van der Waals surface area contributed by atoms with E-state index in [1.807, 2.05) is 12.1 Å². The van der Waals surface area contributed by atoms with Crippen molar-refractivity contribution < 1.29 is 0 Å². The van der Waals surface area contributed by atoms with E-state index in [1.165, 1.54) is 0 Å². The molecule has 3 nitrogen and oxygen atoms in total. The Morgan fingerprint density at radius 3 is 2.65 bits per heavy atom. The minimum atomic E-state index is 0.136. The number of nitriles is 1. The maximum atomic E-state index is 9.07. The molecule has 1 aromatic heterocycles. The van der Waals surface area contributed by atoms with Crippen molar-refractivity contribution in [2.75, 3.05) is 0 Å². The molecule has 0 aliphatic rings. The van der Waals surface area contributed by atoms with Gasteiger partial charge in [0.05, 0.1) is 28.5 Å². The third-order valence-corrected chi connectivity index (χ3v) is 4.44. The molecule has 0 spiro atoms. The summed E-state index contributed by atoms with van der Waals surface area (Å²) in [6.45, 7) is 9.78. The summed E-state index contributed by atoms with van der Waals surface area (Å²) in [5.74, 6) is 1.79. The zero-order chi connectivity index (χ0) is 14.9. The number of hydrogen-bond donors (Lipinski definition) is 0. The molecule has 0 saturated heterocycles. The lowest BCUT2D eigenvalue weighted by Gasteiger charge is -2.30. The maximum absolute atomic E-state index is 9.07. The summed E-state index contributed by atoms with van der Waals surface area (Å²) < 4.78 is 2.16. The Morgan fingerprint density at radius 2 is 2.10 bits per heavy atom. The fourth-order valence-corrected chi connectivity index (χ4v) is 2.31. The maximum Gasteiger partial charge on any atom is 0.124 e. The van der Waals surface area contributed by atoms with E-state index >= 15 is 0 Å². The second kappa shape index (κ2) is 5.46. The Balaban J connectivity index is 2.58. The van der Waals surface area contributed by atoms with Gasteiger partial charge in [0.15, 0.2) is 0 Å². The van der Waals surface area contributed by atoms with Crippen LogP contribution in [-0.2, 0) is 12.4 Å². The predicted octanol–water partition coefficient (Wildman–Crippen LogP) is 4.33. The molecule has 1 heterocycles. The van der Waals surface area contributed by atoms with E-state index in [-0.39, 0.29) is 5.41 Å². The number of halogens is 1. The fourth-order valence-electron chi connectivity index (χ4n) is 2.11. The molecule has 2 aromatic rings. The third kappa shape index (κ3) is 2.66. The van der Waals surface area contributed by atoms with E-state index in [0.717, 1.165) is 23.4 Å². The van der Waals surface area contributed by atoms with Gasteiger partial charge in [-0.15, -0.1) is 11.6 Å². The molecular weight excluding hydrogens is 270 g/mol. The monoisotopic (exact) mass is 289 g/mol. The van der Waals surface area contributed by atoms with Crippen LogP contribution in [0.15, 0.2) is 18.2 Å². The Labute approximate surface area is 125 Å². The van der Waals surface area contributed by atoms with Gasteiger partial charge in [-0.3, -0.25) is 0 Å². The Kier molecular flexibility index (Phi) is 4.06. The quantitative estimate of drug-likeness (QED) is 0.786. The normalized spacial score (nSPS) is 12.1. The van der Waals surface area contributed by atoms with Gasteiger partial charge in [-0.2, -0.15) is 5.26 Å². The summed E-state index contributed by atoms with van der Waals surface area (Å²) >= 11 is 6.04. The van der Waals surface area contributed by atoms with E-state index in [2.05, 4.69) is 43.3 Å². The molecule has 106 valence electrons. The molecule has 0 atom stereocenters. The van der Waals surface area contributed by atoms with Crippen LogP contribution in [-0.4, -0.2) is 9.55 Å². The standard InChI is InChI=1S/C16H20ClN3/c1-11(2)16(3,4)10-20-14-7-12(9-18)5-6-13(14)19-15(20)8-17/h5-7,11H,8,10H2,1-4H3. The van der Waals surface area contributed by atoms with Crippen molar-refractivity contribution in [2.45, 2.75) is 40.1 Å². The second-order valence-corrected chi connectivity index (χ2v) is 6.47. The van der Waals surface area contributed by atoms with Gasteiger partial charge in [-0.05, 0) is 29.5 Å². The first kappa shape index (κ1) is 14.9. The Morgan fingerprint density at radius 1 is 1.40 bits per heavy atom. The number of rotatable bonds is 4. The van der Waals surface area contributed by atoms with Crippen LogP contribution in [0, 0.1) is 22.7 Å². The van der Waals surface area contributed by atoms with Crippen molar-refractivity contribution in [2.24, 2.45) is 11.3 Å². The summed E-state index contributed by atoms with van der Waals surface area (Å²) in [4.78, 5) is 4.57. The van der Waals surface area contributed by atoms with Crippen LogP contribution in [0.25, 0.3) is 11.0 Å². The zero-order valence-corrected chi connectivity index (χ0v) is 13.2. The van der Waals surface area contributed by atoms with Crippen LogP contribution in [0.1, 0.15) is 39.1 Å². The molecule has 0 fully saturated rings. The first-order valence-electron chi connectivity index (χ1n) is 6.84. The number of aromatic nitrogens is 2. The fraction of sp³-hybridized carbons (Fsp3) is 0.500. The topological polar surface area (TPSA) is 41.6 Å². The molecule has 4 heteroatoms. The van der Waals surface area contributed by atoms with E-state index in [9.17, 15) is 0 Å². The number of benzene rings is 1. The highest BCUT2D eigenvalue weighted by Crippen LogP contribution is 2.31. The molecule has 0 aliphatic carbocycles. The smallest absolute Gasteiger partial charge is 0.124 e. The van der Waals surface area contributed by atoms with Gasteiger partial charge < -0.3 is 4.57 Å². The van der Waals surface area contributed by atoms with Crippen LogP contribution in [0.4, 0.5) is 0 Å². The molecule has 0 unspecified atom stereocenters. The molecule has 20 heavy (non-hydrogen) atoms. The van der Waals surface area contributed by atoms with E-state index in [4.69, 9.17) is 16.9 Å². The molecule has 0 amide bonds. The SMILES string of the molecule is CC(C)C(C)(C)Cn1c(CCl)nc2ccc(C#N)cc21. The largest absolute Gasteiger partial charge is 0.326 e. The van der Waals surface area contributed by atoms with Gasteiger partial charge >= 0.3 is 0 Å². The van der Waals surface area contributed by atoms with Crippen LogP contribution < -0.4 is 0 Å². The van der Waals surface area contributed by atoms with Crippen LogP contribution in [0.5, 0.6) is 0 Å². The van der Waals surface area contributed by atoms with Gasteiger partial charge in [0.1, 0.15) is 5.82 Å². The number of nitrogens with zero attached hydrogens (tertiary/aromatic N) is 3. The lowest BCUT2D eigenvalue weighted by molar-refractivity contribution is 0.211. The van der Waals surface area contributed by atoms with Gasteiger partial charge in [-0.25, -0.2) is 4.98 Å². The minimum Gasteiger partial charge on any atom is -0.326 e. The van der Waals surface area contributed by atoms with Gasteiger partial charge in [0.25, 0.3) is 0 Å². The van der Waals surface area contributed by atoms with Gasteiger partial charge in [-0.1, -0.05) is 27.7 Å². The molecule has 0 bridgehead atoms. The number of alkyl halides is 1. The highest BCUT2D eigenvalue weighted by molar-refractivity contribution is 6.16. The average molecular weight is 290 g/mol. The van der Waals surface area contributed by atoms with Crippen LogP contribution >= 0.6 is 11.6 Å². The van der Waals surface area contributed by atoms with Crippen molar-refractivity contribution in [3.8, 4) is 6.07 Å². The lowest BCUT2D eigenvalue weighted by atomic mass is 9.81. The lowest BCUT2D eigenvalue weighted by Crippen LogP contribution is -2.26. The van der Waals surface area contributed by atoms with E-state index in [1.54, 1.807) is 6.07 Å². The first-order chi connectivity index (χ1) is 9.39. The number of hydrogen-bond acceptors (Lipinski definition) is 2. The van der Waals surface area contributed by atoms with E-state index in [0.29, 0.717) is 17.4 Å². The minimum absolute atomic E-state index is 0.136. The first-order valence-corrected chi connectivity index (χ1v) is 7.37. The summed E-state index contributed by atoms with van der Waals surface area (Å²) in [6.07, 6.45) is 0. The van der Waals surface area contributed by atoms with Crippen molar-refractivity contribution in [1.29, 1.82) is 5.26 Å². The molecular formula is C16H20ClN3. The second-order valence-electron chi connectivity index (χ2n) is 6.21. The van der Waals surface area contributed by atoms with E-state index < -0.39 is 0 Å². The van der Waals surface area contributed by atoms with Crippen LogP contribution in [0.3, 0.4) is 0 Å². The molecule has 1 aromatic carbocycles. The highest BCUT2D eigenvalue weighted by atomic mass is 35.5. The van der Waals surface area contributed by atoms with Crippen molar-refractivity contribution in [3.05, 3.63) is 29.6 Å². The summed E-state index contributed by atoms with van der Waals surface area (Å²) in [5.41, 5.74) is 2.69. The van der Waals surface area contributed by atoms with Gasteiger partial charge in [0, 0.05) is 6.54 Å². The molecule has 0 aliphatic heterocycles. The van der Waals surface area contributed by atoms with Crippen molar-refractivity contribution >= 4 is 22.6 Å². The average Bonchev–Trinajstić information content (AvgIpc) is 2.75. The Bertz CT molecular complexity index is 662. The van der Waals surface area contributed by atoms with Crippen molar-refractivity contribution in [3.63, 3.8) is 0 Å². The zero-order valence-electron chi connectivity index (χ0n) is 12.4. The summed E-state index contributed by atoms with van der Waals surface area (Å²) in [6, 6.07) is 7.77. The van der Waals surface area contributed by atoms with Crippen molar-refractivity contribution in [1.82, 2.24) is 9.55 Å². The third-order valence-electron chi connectivity index (χ3n) is 4.20. The Hall–Kier alpha value is -1.53. The highest BCUT2D eigenvalue weighted by Gasteiger charge is 2.25. The van der Waals surface area contributed by atoms with Gasteiger partial charge in [0.2, 0.25) is 0 Å². The number of fused-ring (bicyclic) bond motifs is 1. The number of imidazole rings is 1. The summed E-state index contributed by atoms with van der Waals surface area (Å²) in [5, 5.41) is 9.07.